The number of methoxy groups -OCH3 is 1. The van der Waals surface area contributed by atoms with Gasteiger partial charge in [-0.3, -0.25) is 9.59 Å². The molecule has 2 aromatic rings. The summed E-state index contributed by atoms with van der Waals surface area (Å²) in [4.78, 5) is 24.3. The predicted molar refractivity (Wildman–Crippen MR) is 90.9 cm³/mol. The van der Waals surface area contributed by atoms with E-state index in [4.69, 9.17) is 4.74 Å². The van der Waals surface area contributed by atoms with Gasteiger partial charge >= 0.3 is 5.97 Å². The lowest BCUT2D eigenvalue weighted by atomic mass is 9.82. The normalized spacial score (nSPS) is 13.1. The molecule has 1 unspecified atom stereocenters. The van der Waals surface area contributed by atoms with E-state index < -0.39 is 11.4 Å². The zero-order chi connectivity index (χ0) is 17.6. The molecule has 2 N–H and O–H groups in total. The van der Waals surface area contributed by atoms with Crippen molar-refractivity contribution in [2.45, 2.75) is 18.9 Å². The Morgan fingerprint density at radius 3 is 2.33 bits per heavy atom. The van der Waals surface area contributed by atoms with Crippen molar-refractivity contribution >= 4 is 11.9 Å². The molecule has 2 rings (SSSR count). The summed E-state index contributed by atoms with van der Waals surface area (Å²) in [5.41, 5.74) is 0.685. The van der Waals surface area contributed by atoms with Crippen LogP contribution in [-0.2, 0) is 21.6 Å². The molecule has 0 bridgehead atoms. The summed E-state index contributed by atoms with van der Waals surface area (Å²) in [7, 11) is 1.56. The second kappa shape index (κ2) is 7.75. The van der Waals surface area contributed by atoms with Crippen molar-refractivity contribution in [3.05, 3.63) is 71.3 Å². The Hall–Kier alpha value is -2.66. The van der Waals surface area contributed by atoms with E-state index >= 15 is 0 Å². The molecular weight excluding hydrogens is 306 g/mol. The van der Waals surface area contributed by atoms with Crippen LogP contribution in [0.25, 0.3) is 0 Å². The maximum atomic E-state index is 12.5. The molecule has 0 aliphatic heterocycles. The lowest BCUT2D eigenvalue weighted by Crippen LogP contribution is -2.44. The first-order valence-corrected chi connectivity index (χ1v) is 7.63. The maximum Gasteiger partial charge on any atom is 0.315 e. The number of hydrogen-bond donors (Lipinski definition) is 2. The summed E-state index contributed by atoms with van der Waals surface area (Å²) in [6.45, 7) is 1.91. The average Bonchev–Trinajstić information content (AvgIpc) is 2.60. The number of carbonyl (C=O) groups is 2. The van der Waals surface area contributed by atoms with Crippen molar-refractivity contribution in [1.29, 1.82) is 0 Å². The first kappa shape index (κ1) is 17.7. The van der Waals surface area contributed by atoms with E-state index in [-0.39, 0.29) is 12.5 Å². The molecule has 0 aliphatic carbocycles. The molecule has 126 valence electrons. The van der Waals surface area contributed by atoms with Gasteiger partial charge in [-0.1, -0.05) is 48.5 Å². The third-order valence-corrected chi connectivity index (χ3v) is 4.05. The molecule has 0 aromatic heterocycles. The molecule has 0 fully saturated rings. The van der Waals surface area contributed by atoms with E-state index in [0.717, 1.165) is 5.56 Å². The summed E-state index contributed by atoms with van der Waals surface area (Å²) in [5, 5.41) is 12.4. The van der Waals surface area contributed by atoms with Crippen LogP contribution < -0.4 is 5.32 Å². The molecule has 2 aromatic carbocycles. The van der Waals surface area contributed by atoms with E-state index in [2.05, 4.69) is 5.32 Å². The van der Waals surface area contributed by atoms with E-state index in [1.807, 2.05) is 18.2 Å². The average molecular weight is 327 g/mol. The molecule has 0 saturated heterocycles. The van der Waals surface area contributed by atoms with Crippen LogP contribution in [0.5, 0.6) is 0 Å². The highest BCUT2D eigenvalue weighted by atomic mass is 16.5. The number of carboxylic acid groups (broad SMARTS) is 1. The fourth-order valence-electron chi connectivity index (χ4n) is 2.48. The van der Waals surface area contributed by atoms with Gasteiger partial charge in [-0.2, -0.15) is 0 Å². The van der Waals surface area contributed by atoms with Crippen LogP contribution in [0.15, 0.2) is 54.6 Å². The summed E-state index contributed by atoms with van der Waals surface area (Å²) in [6.07, 6.45) is 0. The number of benzene rings is 2. The fraction of sp³-hybridized carbons (Fsp3) is 0.263. The van der Waals surface area contributed by atoms with Crippen LogP contribution in [0.3, 0.4) is 0 Å². The number of ether oxygens (including phenoxy) is 1. The Balaban J connectivity index is 2.19. The van der Waals surface area contributed by atoms with Crippen LogP contribution >= 0.6 is 0 Å². The number of hydrogen-bond acceptors (Lipinski definition) is 3. The number of rotatable bonds is 7. The van der Waals surface area contributed by atoms with Crippen LogP contribution in [0, 0.1) is 0 Å². The molecule has 24 heavy (non-hydrogen) atoms. The molecule has 5 heteroatoms. The minimum atomic E-state index is -1.20. The first-order chi connectivity index (χ1) is 11.5. The molecule has 0 radical (unpaired) electrons. The molecule has 1 atom stereocenters. The predicted octanol–water partition coefficient (Wildman–Crippen LogP) is 2.61. The third-order valence-electron chi connectivity index (χ3n) is 4.05. The van der Waals surface area contributed by atoms with Gasteiger partial charge in [-0.15, -0.1) is 0 Å². The highest BCUT2D eigenvalue weighted by molar-refractivity contribution is 5.96. The Kier molecular flexibility index (Phi) is 5.71. The highest BCUT2D eigenvalue weighted by Crippen LogP contribution is 2.23. The Morgan fingerprint density at radius 1 is 1.08 bits per heavy atom. The minimum Gasteiger partial charge on any atom is -0.481 e. The van der Waals surface area contributed by atoms with Gasteiger partial charge in [0.1, 0.15) is 5.41 Å². The van der Waals surface area contributed by atoms with Gasteiger partial charge in [-0.05, 0) is 24.1 Å². The summed E-state index contributed by atoms with van der Waals surface area (Å²) >= 11 is 0. The molecule has 0 aliphatic rings. The first-order valence-electron chi connectivity index (χ1n) is 7.63. The largest absolute Gasteiger partial charge is 0.481 e. The standard InChI is InChI=1S/C19H21NO4/c1-19(18(22)23,15-9-4-3-5-10-15)13-20-17(21)16-11-7-6-8-14(16)12-24-2/h3-11H,12-13H2,1-2H3,(H,20,21)(H,22,23). The van der Waals surface area contributed by atoms with E-state index in [9.17, 15) is 14.7 Å². The summed E-state index contributed by atoms with van der Waals surface area (Å²) in [5.74, 6) is -1.30. The van der Waals surface area contributed by atoms with Crippen molar-refractivity contribution in [1.82, 2.24) is 5.32 Å². The van der Waals surface area contributed by atoms with Crippen LogP contribution in [0.1, 0.15) is 28.4 Å². The van der Waals surface area contributed by atoms with Crippen molar-refractivity contribution in [3.8, 4) is 0 Å². The topological polar surface area (TPSA) is 75.6 Å². The molecule has 0 saturated carbocycles. The summed E-state index contributed by atoms with van der Waals surface area (Å²) in [6, 6.07) is 16.0. The number of amides is 1. The second-order valence-electron chi connectivity index (χ2n) is 5.78. The molecule has 0 heterocycles. The molecular formula is C19H21NO4. The lowest BCUT2D eigenvalue weighted by Gasteiger charge is -2.26. The van der Waals surface area contributed by atoms with Gasteiger partial charge in [0.05, 0.1) is 6.61 Å². The van der Waals surface area contributed by atoms with Gasteiger partial charge in [0.25, 0.3) is 5.91 Å². The molecule has 1 amide bonds. The van der Waals surface area contributed by atoms with Gasteiger partial charge in [0.15, 0.2) is 0 Å². The SMILES string of the molecule is COCc1ccccc1C(=O)NCC(C)(C(=O)O)c1ccccc1. The Bertz CT molecular complexity index is 714. The third kappa shape index (κ3) is 3.81. The monoisotopic (exact) mass is 327 g/mol. The van der Waals surface area contributed by atoms with Crippen LogP contribution in [-0.4, -0.2) is 30.6 Å². The molecule has 0 spiro atoms. The van der Waals surface area contributed by atoms with Crippen molar-refractivity contribution in [2.75, 3.05) is 13.7 Å². The fourth-order valence-corrected chi connectivity index (χ4v) is 2.48. The second-order valence-corrected chi connectivity index (χ2v) is 5.78. The Morgan fingerprint density at radius 2 is 1.71 bits per heavy atom. The molecule has 5 nitrogen and oxygen atoms in total. The minimum absolute atomic E-state index is 0.00744. The number of aliphatic carboxylic acids is 1. The van der Waals surface area contributed by atoms with Gasteiger partial charge in [-0.25, -0.2) is 0 Å². The van der Waals surface area contributed by atoms with Gasteiger partial charge in [0.2, 0.25) is 0 Å². The van der Waals surface area contributed by atoms with E-state index in [1.54, 1.807) is 50.4 Å². The van der Waals surface area contributed by atoms with Crippen molar-refractivity contribution < 1.29 is 19.4 Å². The highest BCUT2D eigenvalue weighted by Gasteiger charge is 2.35. The van der Waals surface area contributed by atoms with Crippen LogP contribution in [0.4, 0.5) is 0 Å². The van der Waals surface area contributed by atoms with Gasteiger partial charge in [0, 0.05) is 19.2 Å². The zero-order valence-corrected chi connectivity index (χ0v) is 13.8. The lowest BCUT2D eigenvalue weighted by molar-refractivity contribution is -0.142. The van der Waals surface area contributed by atoms with E-state index in [1.165, 1.54) is 0 Å². The maximum absolute atomic E-state index is 12.5. The number of carboxylic acids is 1. The number of carbonyl (C=O) groups excluding carboxylic acids is 1. The van der Waals surface area contributed by atoms with Crippen molar-refractivity contribution in [3.63, 3.8) is 0 Å². The van der Waals surface area contributed by atoms with E-state index in [0.29, 0.717) is 17.7 Å². The van der Waals surface area contributed by atoms with Gasteiger partial charge < -0.3 is 15.2 Å². The Labute approximate surface area is 141 Å². The smallest absolute Gasteiger partial charge is 0.315 e. The van der Waals surface area contributed by atoms with Crippen molar-refractivity contribution in [2.24, 2.45) is 0 Å². The number of nitrogens with one attached hydrogen (secondary N) is 1. The zero-order valence-electron chi connectivity index (χ0n) is 13.8. The quantitative estimate of drug-likeness (QED) is 0.819. The van der Waals surface area contributed by atoms with Crippen LogP contribution in [0.2, 0.25) is 0 Å². The summed E-state index contributed by atoms with van der Waals surface area (Å²) < 4.78 is 5.10.